The molecule has 1 fully saturated rings. The minimum Gasteiger partial charge on any atom is -0.328 e. The lowest BCUT2D eigenvalue weighted by Gasteiger charge is -2.20. The Balaban J connectivity index is 2.38. The molecule has 1 heterocycles. The minimum atomic E-state index is 0.451. The predicted octanol–water partition coefficient (Wildman–Crippen LogP) is 0.818. The summed E-state index contributed by atoms with van der Waals surface area (Å²) >= 11 is 0. The molecule has 10 heavy (non-hydrogen) atoms. The minimum absolute atomic E-state index is 0.451. The molecule has 0 aromatic rings. The van der Waals surface area contributed by atoms with Gasteiger partial charge in [0.05, 0.1) is 0 Å². The molecule has 0 aromatic carbocycles. The number of rotatable bonds is 0. The summed E-state index contributed by atoms with van der Waals surface area (Å²) in [6.45, 7) is 3.44. The molecule has 2 heteroatoms. The first-order valence-electron chi connectivity index (χ1n) is 4.16. The summed E-state index contributed by atoms with van der Waals surface area (Å²) in [5, 5.41) is 0. The Morgan fingerprint density at radius 1 is 1.30 bits per heavy atom. The van der Waals surface area contributed by atoms with E-state index in [9.17, 15) is 0 Å². The number of likely N-dealkylation sites (tertiary alicyclic amines) is 1. The number of hydrogen-bond acceptors (Lipinski definition) is 2. The molecule has 1 rings (SSSR count). The van der Waals surface area contributed by atoms with Crippen LogP contribution in [0.2, 0.25) is 0 Å². The largest absolute Gasteiger partial charge is 0.328 e. The van der Waals surface area contributed by atoms with Crippen LogP contribution in [0.4, 0.5) is 0 Å². The van der Waals surface area contributed by atoms with E-state index in [-0.39, 0.29) is 0 Å². The highest BCUT2D eigenvalue weighted by Gasteiger charge is 2.16. The van der Waals surface area contributed by atoms with Crippen molar-refractivity contribution in [3.8, 4) is 0 Å². The van der Waals surface area contributed by atoms with Crippen LogP contribution >= 0.6 is 0 Å². The third kappa shape index (κ3) is 1.96. The summed E-state index contributed by atoms with van der Waals surface area (Å²) in [7, 11) is 2.18. The lowest BCUT2D eigenvalue weighted by molar-refractivity contribution is 0.264. The van der Waals surface area contributed by atoms with Crippen LogP contribution in [-0.2, 0) is 0 Å². The number of nitrogens with two attached hydrogens (primary N) is 1. The maximum Gasteiger partial charge on any atom is 0.00644 e. The Hall–Kier alpha value is -0.0800. The fraction of sp³-hybridized carbons (Fsp3) is 1.00. The fourth-order valence-electron chi connectivity index (χ4n) is 1.41. The first-order chi connectivity index (χ1) is 4.70. The van der Waals surface area contributed by atoms with Crippen LogP contribution in [0.3, 0.4) is 0 Å². The van der Waals surface area contributed by atoms with Gasteiger partial charge in [-0.1, -0.05) is 0 Å². The second-order valence-electron chi connectivity index (χ2n) is 3.46. The van der Waals surface area contributed by atoms with Gasteiger partial charge in [-0.3, -0.25) is 0 Å². The predicted molar refractivity (Wildman–Crippen MR) is 43.9 cm³/mol. The zero-order valence-electron chi connectivity index (χ0n) is 7.01. The lowest BCUT2D eigenvalue weighted by Crippen LogP contribution is -2.28. The summed E-state index contributed by atoms with van der Waals surface area (Å²) in [5.41, 5.74) is 5.83. The van der Waals surface area contributed by atoms with E-state index in [1.165, 1.54) is 25.8 Å². The standard InChI is InChI=1S/C8H18N2/c1-7-3-4-8(9)5-6-10(7)2/h7-8H,3-6,9H2,1-2H3. The molecule has 60 valence electrons. The van der Waals surface area contributed by atoms with Crippen molar-refractivity contribution >= 4 is 0 Å². The Kier molecular flexibility index (Phi) is 2.69. The fourth-order valence-corrected chi connectivity index (χ4v) is 1.41. The van der Waals surface area contributed by atoms with E-state index in [1.54, 1.807) is 0 Å². The molecule has 0 aromatic heterocycles. The van der Waals surface area contributed by atoms with Crippen molar-refractivity contribution in [1.82, 2.24) is 4.90 Å². The topological polar surface area (TPSA) is 29.3 Å². The van der Waals surface area contributed by atoms with E-state index in [2.05, 4.69) is 18.9 Å². The highest BCUT2D eigenvalue weighted by Crippen LogP contribution is 2.13. The quantitative estimate of drug-likeness (QED) is 0.542. The van der Waals surface area contributed by atoms with Crippen molar-refractivity contribution in [2.45, 2.75) is 38.3 Å². The van der Waals surface area contributed by atoms with Gasteiger partial charge in [-0.15, -0.1) is 0 Å². The average molecular weight is 142 g/mol. The molecule has 1 saturated heterocycles. The molecular weight excluding hydrogens is 124 g/mol. The molecule has 2 atom stereocenters. The van der Waals surface area contributed by atoms with Gasteiger partial charge in [0.2, 0.25) is 0 Å². The van der Waals surface area contributed by atoms with Crippen molar-refractivity contribution in [2.24, 2.45) is 5.73 Å². The van der Waals surface area contributed by atoms with Crippen molar-refractivity contribution in [2.75, 3.05) is 13.6 Å². The molecule has 0 spiro atoms. The van der Waals surface area contributed by atoms with E-state index in [4.69, 9.17) is 5.73 Å². The van der Waals surface area contributed by atoms with Crippen LogP contribution in [-0.4, -0.2) is 30.6 Å². The Morgan fingerprint density at radius 2 is 2.00 bits per heavy atom. The molecule has 0 saturated carbocycles. The molecular formula is C8H18N2. The monoisotopic (exact) mass is 142 g/mol. The lowest BCUT2D eigenvalue weighted by atomic mass is 10.1. The normalized spacial score (nSPS) is 37.5. The Morgan fingerprint density at radius 3 is 2.70 bits per heavy atom. The first-order valence-corrected chi connectivity index (χ1v) is 4.16. The summed E-state index contributed by atoms with van der Waals surface area (Å²) < 4.78 is 0. The van der Waals surface area contributed by atoms with Crippen molar-refractivity contribution in [1.29, 1.82) is 0 Å². The second-order valence-corrected chi connectivity index (χ2v) is 3.46. The van der Waals surface area contributed by atoms with Crippen LogP contribution in [0.25, 0.3) is 0 Å². The molecule has 1 aliphatic rings. The highest BCUT2D eigenvalue weighted by molar-refractivity contribution is 4.74. The van der Waals surface area contributed by atoms with E-state index >= 15 is 0 Å². The zero-order valence-corrected chi connectivity index (χ0v) is 7.01. The molecule has 0 amide bonds. The molecule has 0 bridgehead atoms. The van der Waals surface area contributed by atoms with Gasteiger partial charge in [-0.2, -0.15) is 0 Å². The smallest absolute Gasteiger partial charge is 0.00644 e. The van der Waals surface area contributed by atoms with E-state index < -0.39 is 0 Å². The van der Waals surface area contributed by atoms with Crippen LogP contribution in [0.1, 0.15) is 26.2 Å². The molecule has 0 radical (unpaired) electrons. The van der Waals surface area contributed by atoms with Gasteiger partial charge in [-0.25, -0.2) is 0 Å². The second kappa shape index (κ2) is 3.35. The first kappa shape index (κ1) is 8.02. The molecule has 2 unspecified atom stereocenters. The van der Waals surface area contributed by atoms with Crippen molar-refractivity contribution in [3.05, 3.63) is 0 Å². The van der Waals surface area contributed by atoms with Crippen LogP contribution in [0.5, 0.6) is 0 Å². The maximum atomic E-state index is 5.83. The molecule has 2 N–H and O–H groups in total. The highest BCUT2D eigenvalue weighted by atomic mass is 15.1. The molecule has 2 nitrogen and oxygen atoms in total. The van der Waals surface area contributed by atoms with E-state index in [1.807, 2.05) is 0 Å². The van der Waals surface area contributed by atoms with Gasteiger partial charge in [0.25, 0.3) is 0 Å². The van der Waals surface area contributed by atoms with Gasteiger partial charge in [0, 0.05) is 12.1 Å². The van der Waals surface area contributed by atoms with Crippen LogP contribution < -0.4 is 5.73 Å². The van der Waals surface area contributed by atoms with Gasteiger partial charge in [0.1, 0.15) is 0 Å². The summed E-state index contributed by atoms with van der Waals surface area (Å²) in [6, 6.07) is 1.18. The van der Waals surface area contributed by atoms with Crippen LogP contribution in [0, 0.1) is 0 Å². The third-order valence-corrected chi connectivity index (χ3v) is 2.56. The third-order valence-electron chi connectivity index (χ3n) is 2.56. The Labute approximate surface area is 63.4 Å². The van der Waals surface area contributed by atoms with E-state index in [0.717, 1.165) is 6.04 Å². The molecule has 1 aliphatic heterocycles. The summed E-state index contributed by atoms with van der Waals surface area (Å²) in [4.78, 5) is 2.40. The van der Waals surface area contributed by atoms with Crippen LogP contribution in [0.15, 0.2) is 0 Å². The van der Waals surface area contributed by atoms with Gasteiger partial charge >= 0.3 is 0 Å². The summed E-state index contributed by atoms with van der Waals surface area (Å²) in [6.07, 6.45) is 3.63. The van der Waals surface area contributed by atoms with E-state index in [0.29, 0.717) is 6.04 Å². The zero-order chi connectivity index (χ0) is 7.56. The molecule has 0 aliphatic carbocycles. The number of nitrogens with zero attached hydrogens (tertiary/aromatic N) is 1. The van der Waals surface area contributed by atoms with Gasteiger partial charge < -0.3 is 10.6 Å². The maximum absolute atomic E-state index is 5.83. The van der Waals surface area contributed by atoms with Gasteiger partial charge in [0.15, 0.2) is 0 Å². The van der Waals surface area contributed by atoms with Crippen molar-refractivity contribution < 1.29 is 0 Å². The van der Waals surface area contributed by atoms with Gasteiger partial charge in [-0.05, 0) is 39.8 Å². The SMILES string of the molecule is CC1CCC(N)CCN1C. The Bertz CT molecular complexity index is 91.4. The average Bonchev–Trinajstić information content (AvgIpc) is 2.04. The number of hydrogen-bond donors (Lipinski definition) is 1. The summed E-state index contributed by atoms with van der Waals surface area (Å²) in [5.74, 6) is 0. The van der Waals surface area contributed by atoms with Crippen molar-refractivity contribution in [3.63, 3.8) is 0 Å².